The maximum absolute atomic E-state index is 11.7. The summed E-state index contributed by atoms with van der Waals surface area (Å²) in [4.78, 5) is 11.7. The van der Waals surface area contributed by atoms with Gasteiger partial charge in [0.1, 0.15) is 0 Å². The standard InChI is InChI=1S/C11H20N2O2/c1-3-4-5-6-13-11(14)9-7-15-8-10(9)12-2/h3-4,9-10,12H,5-8H2,1-2H3,(H,13,14)/b4-3+. The first kappa shape index (κ1) is 12.2. The summed E-state index contributed by atoms with van der Waals surface area (Å²) in [6, 6.07) is 0.159. The van der Waals surface area contributed by atoms with Crippen LogP contribution in [0.15, 0.2) is 12.2 Å². The van der Waals surface area contributed by atoms with E-state index >= 15 is 0 Å². The minimum absolute atomic E-state index is 0.0411. The summed E-state index contributed by atoms with van der Waals surface area (Å²) in [6.07, 6.45) is 4.92. The third-order valence-electron chi connectivity index (χ3n) is 2.63. The average Bonchev–Trinajstić information content (AvgIpc) is 2.72. The Morgan fingerprint density at radius 1 is 1.53 bits per heavy atom. The van der Waals surface area contributed by atoms with E-state index in [1.807, 2.05) is 26.1 Å². The summed E-state index contributed by atoms with van der Waals surface area (Å²) in [6.45, 7) is 3.84. The second kappa shape index (κ2) is 6.58. The predicted octanol–water partition coefficient (Wildman–Crippen LogP) is 0.303. The van der Waals surface area contributed by atoms with Crippen molar-refractivity contribution in [1.29, 1.82) is 0 Å². The van der Waals surface area contributed by atoms with Crippen LogP contribution in [0.3, 0.4) is 0 Å². The van der Waals surface area contributed by atoms with Crippen molar-refractivity contribution in [2.75, 3.05) is 26.8 Å². The van der Waals surface area contributed by atoms with Crippen LogP contribution in [0.2, 0.25) is 0 Å². The number of carbonyl (C=O) groups excluding carboxylic acids is 1. The van der Waals surface area contributed by atoms with Crippen LogP contribution in [0.5, 0.6) is 0 Å². The molecule has 2 atom stereocenters. The molecule has 1 heterocycles. The molecule has 1 amide bonds. The van der Waals surface area contributed by atoms with Crippen molar-refractivity contribution in [3.63, 3.8) is 0 Å². The molecule has 15 heavy (non-hydrogen) atoms. The molecule has 2 unspecified atom stereocenters. The second-order valence-electron chi connectivity index (χ2n) is 3.69. The number of nitrogens with one attached hydrogen (secondary N) is 2. The first-order chi connectivity index (χ1) is 7.29. The predicted molar refractivity (Wildman–Crippen MR) is 59.6 cm³/mol. The number of hydrogen-bond donors (Lipinski definition) is 2. The van der Waals surface area contributed by atoms with E-state index in [2.05, 4.69) is 10.6 Å². The molecule has 0 spiro atoms. The number of rotatable bonds is 5. The Morgan fingerprint density at radius 2 is 2.33 bits per heavy atom. The van der Waals surface area contributed by atoms with Crippen LogP contribution >= 0.6 is 0 Å². The molecule has 1 fully saturated rings. The maximum atomic E-state index is 11.7. The highest BCUT2D eigenvalue weighted by atomic mass is 16.5. The lowest BCUT2D eigenvalue weighted by Gasteiger charge is -2.15. The molecule has 0 radical (unpaired) electrons. The van der Waals surface area contributed by atoms with E-state index in [4.69, 9.17) is 4.74 Å². The number of ether oxygens (including phenoxy) is 1. The fourth-order valence-electron chi connectivity index (χ4n) is 1.67. The lowest BCUT2D eigenvalue weighted by Crippen LogP contribution is -2.42. The normalized spacial score (nSPS) is 26.0. The highest BCUT2D eigenvalue weighted by molar-refractivity contribution is 5.79. The molecule has 4 nitrogen and oxygen atoms in total. The minimum Gasteiger partial charge on any atom is -0.379 e. The van der Waals surface area contributed by atoms with Gasteiger partial charge < -0.3 is 15.4 Å². The van der Waals surface area contributed by atoms with Gasteiger partial charge in [-0.25, -0.2) is 0 Å². The zero-order valence-electron chi connectivity index (χ0n) is 9.45. The monoisotopic (exact) mass is 212 g/mol. The Balaban J connectivity index is 2.26. The van der Waals surface area contributed by atoms with Crippen LogP contribution < -0.4 is 10.6 Å². The molecule has 0 aliphatic carbocycles. The molecule has 1 saturated heterocycles. The summed E-state index contributed by atoms with van der Waals surface area (Å²) in [5, 5.41) is 6.01. The summed E-state index contributed by atoms with van der Waals surface area (Å²) in [5.74, 6) is 0.0527. The Kier molecular flexibility index (Phi) is 5.36. The molecular weight excluding hydrogens is 192 g/mol. The number of carbonyl (C=O) groups is 1. The van der Waals surface area contributed by atoms with E-state index in [9.17, 15) is 4.79 Å². The molecule has 1 rings (SSSR count). The van der Waals surface area contributed by atoms with Gasteiger partial charge in [0.15, 0.2) is 0 Å². The highest BCUT2D eigenvalue weighted by Gasteiger charge is 2.32. The molecule has 86 valence electrons. The van der Waals surface area contributed by atoms with Crippen molar-refractivity contribution in [2.24, 2.45) is 5.92 Å². The van der Waals surface area contributed by atoms with Gasteiger partial charge in [-0.2, -0.15) is 0 Å². The van der Waals surface area contributed by atoms with E-state index in [0.29, 0.717) is 19.8 Å². The zero-order chi connectivity index (χ0) is 11.1. The fraction of sp³-hybridized carbons (Fsp3) is 0.727. The van der Waals surface area contributed by atoms with Gasteiger partial charge in [0, 0.05) is 12.6 Å². The van der Waals surface area contributed by atoms with Gasteiger partial charge in [-0.15, -0.1) is 0 Å². The van der Waals surface area contributed by atoms with Crippen LogP contribution in [-0.4, -0.2) is 38.8 Å². The average molecular weight is 212 g/mol. The third-order valence-corrected chi connectivity index (χ3v) is 2.63. The van der Waals surface area contributed by atoms with Crippen molar-refractivity contribution < 1.29 is 9.53 Å². The van der Waals surface area contributed by atoms with Crippen molar-refractivity contribution in [1.82, 2.24) is 10.6 Å². The Labute approximate surface area is 91.1 Å². The van der Waals surface area contributed by atoms with Crippen LogP contribution in [0.4, 0.5) is 0 Å². The van der Waals surface area contributed by atoms with E-state index in [0.717, 1.165) is 6.42 Å². The van der Waals surface area contributed by atoms with Crippen LogP contribution in [0.1, 0.15) is 13.3 Å². The summed E-state index contributed by atoms with van der Waals surface area (Å²) >= 11 is 0. The smallest absolute Gasteiger partial charge is 0.227 e. The Morgan fingerprint density at radius 3 is 3.00 bits per heavy atom. The lowest BCUT2D eigenvalue weighted by atomic mass is 10.0. The lowest BCUT2D eigenvalue weighted by molar-refractivity contribution is -0.125. The molecule has 0 aromatic carbocycles. The number of hydrogen-bond acceptors (Lipinski definition) is 3. The Hall–Kier alpha value is -0.870. The van der Waals surface area contributed by atoms with E-state index in [-0.39, 0.29) is 17.9 Å². The molecule has 0 aromatic rings. The molecule has 0 aromatic heterocycles. The zero-order valence-corrected chi connectivity index (χ0v) is 9.45. The minimum atomic E-state index is -0.0411. The number of likely N-dealkylation sites (N-methyl/N-ethyl adjacent to an activating group) is 1. The third kappa shape index (κ3) is 3.64. The SMILES string of the molecule is C/C=C/CCNC(=O)C1COCC1NC. The topological polar surface area (TPSA) is 50.4 Å². The van der Waals surface area contributed by atoms with Crippen molar-refractivity contribution in [3.8, 4) is 0 Å². The van der Waals surface area contributed by atoms with Gasteiger partial charge in [0.2, 0.25) is 5.91 Å². The highest BCUT2D eigenvalue weighted by Crippen LogP contribution is 2.13. The van der Waals surface area contributed by atoms with Gasteiger partial charge in [0.25, 0.3) is 0 Å². The second-order valence-corrected chi connectivity index (χ2v) is 3.69. The quantitative estimate of drug-likeness (QED) is 0.509. The maximum Gasteiger partial charge on any atom is 0.227 e. The molecule has 0 bridgehead atoms. The summed E-state index contributed by atoms with van der Waals surface area (Å²) < 4.78 is 5.27. The first-order valence-electron chi connectivity index (χ1n) is 5.43. The molecule has 1 aliphatic rings. The van der Waals surface area contributed by atoms with Gasteiger partial charge in [-0.1, -0.05) is 12.2 Å². The molecule has 1 aliphatic heterocycles. The molecular formula is C11H20N2O2. The van der Waals surface area contributed by atoms with Gasteiger partial charge in [0.05, 0.1) is 19.1 Å². The summed E-state index contributed by atoms with van der Waals surface area (Å²) in [5.41, 5.74) is 0. The molecule has 2 N–H and O–H groups in total. The van der Waals surface area contributed by atoms with Gasteiger partial charge >= 0.3 is 0 Å². The molecule has 0 saturated carbocycles. The van der Waals surface area contributed by atoms with Crippen LogP contribution in [-0.2, 0) is 9.53 Å². The van der Waals surface area contributed by atoms with Gasteiger partial charge in [-0.3, -0.25) is 4.79 Å². The van der Waals surface area contributed by atoms with Crippen molar-refractivity contribution in [3.05, 3.63) is 12.2 Å². The van der Waals surface area contributed by atoms with Crippen LogP contribution in [0.25, 0.3) is 0 Å². The van der Waals surface area contributed by atoms with Crippen LogP contribution in [0, 0.1) is 5.92 Å². The van der Waals surface area contributed by atoms with Crippen molar-refractivity contribution >= 4 is 5.91 Å². The summed E-state index contributed by atoms with van der Waals surface area (Å²) in [7, 11) is 1.86. The van der Waals surface area contributed by atoms with Gasteiger partial charge in [-0.05, 0) is 20.4 Å². The Bertz CT molecular complexity index is 229. The molecule has 4 heteroatoms. The fourth-order valence-corrected chi connectivity index (χ4v) is 1.67. The van der Waals surface area contributed by atoms with Crippen molar-refractivity contribution in [2.45, 2.75) is 19.4 Å². The van der Waals surface area contributed by atoms with E-state index in [1.54, 1.807) is 0 Å². The number of amides is 1. The van der Waals surface area contributed by atoms with E-state index in [1.165, 1.54) is 0 Å². The first-order valence-corrected chi connectivity index (χ1v) is 5.43. The largest absolute Gasteiger partial charge is 0.379 e. The van der Waals surface area contributed by atoms with E-state index < -0.39 is 0 Å². The number of allylic oxidation sites excluding steroid dienone is 1.